The lowest BCUT2D eigenvalue weighted by atomic mass is 9.80. The van der Waals surface area contributed by atoms with Crippen molar-refractivity contribution in [3.63, 3.8) is 0 Å². The lowest BCUT2D eigenvalue weighted by molar-refractivity contribution is -0.125. The molecule has 116 valence electrons. The summed E-state index contributed by atoms with van der Waals surface area (Å²) in [6, 6.07) is 0. The van der Waals surface area contributed by atoms with Crippen LogP contribution >= 0.6 is 0 Å². The van der Waals surface area contributed by atoms with Gasteiger partial charge in [0, 0.05) is 18.9 Å². The minimum Gasteiger partial charge on any atom is -0.306 e. The summed E-state index contributed by atoms with van der Waals surface area (Å²) in [6.45, 7) is 2.19. The van der Waals surface area contributed by atoms with E-state index in [2.05, 4.69) is 11.9 Å². The maximum Gasteiger partial charge on any atom is 0.137 e. The number of rotatable bonds is 1. The molecule has 1 unspecified atom stereocenters. The molecule has 1 saturated heterocycles. The average Bonchev–Trinajstić information content (AvgIpc) is 2.61. The third-order valence-corrected chi connectivity index (χ3v) is 5.35. The molecule has 0 N–H and O–H groups in total. The molecule has 0 amide bonds. The van der Waals surface area contributed by atoms with E-state index in [-0.39, 0.29) is 0 Å². The summed E-state index contributed by atoms with van der Waals surface area (Å²) in [6.07, 6.45) is 15.3. The van der Waals surface area contributed by atoms with Gasteiger partial charge in [-0.3, -0.25) is 4.79 Å². The smallest absolute Gasteiger partial charge is 0.137 e. The molecule has 1 aliphatic carbocycles. The summed E-state index contributed by atoms with van der Waals surface area (Å²) in [5.41, 5.74) is 0. The standard InChI is InChI=1S/C18H33NO/c1-19-14-10-6-9-13-18(20)17(15-19)16-11-7-4-2-3-5-8-12-16/h16-17H,2-15H2,1H3. The molecule has 0 aromatic rings. The zero-order valence-electron chi connectivity index (χ0n) is 13.4. The molecule has 1 atom stereocenters. The molecule has 2 aliphatic rings. The van der Waals surface area contributed by atoms with Crippen LogP contribution in [0.25, 0.3) is 0 Å². The fourth-order valence-corrected chi connectivity index (χ4v) is 4.05. The number of carbonyl (C=O) groups excluding carboxylic acids is 1. The fourth-order valence-electron chi connectivity index (χ4n) is 4.05. The van der Waals surface area contributed by atoms with Crippen LogP contribution in [-0.2, 0) is 4.79 Å². The molecule has 0 bridgehead atoms. The summed E-state index contributed by atoms with van der Waals surface area (Å²) >= 11 is 0. The van der Waals surface area contributed by atoms with E-state index in [4.69, 9.17) is 0 Å². The van der Waals surface area contributed by atoms with E-state index in [0.717, 1.165) is 19.4 Å². The summed E-state index contributed by atoms with van der Waals surface area (Å²) in [7, 11) is 2.21. The second kappa shape index (κ2) is 8.81. The maximum atomic E-state index is 12.6. The Hall–Kier alpha value is -0.370. The van der Waals surface area contributed by atoms with Gasteiger partial charge in [0.05, 0.1) is 0 Å². The number of hydrogen-bond acceptors (Lipinski definition) is 2. The van der Waals surface area contributed by atoms with Gasteiger partial charge in [0.15, 0.2) is 0 Å². The van der Waals surface area contributed by atoms with E-state index in [0.29, 0.717) is 17.6 Å². The van der Waals surface area contributed by atoms with Gasteiger partial charge in [-0.15, -0.1) is 0 Å². The molecule has 0 radical (unpaired) electrons. The number of hydrogen-bond donors (Lipinski definition) is 0. The first-order valence-corrected chi connectivity index (χ1v) is 8.98. The Morgan fingerprint density at radius 3 is 2.15 bits per heavy atom. The van der Waals surface area contributed by atoms with Gasteiger partial charge in [0.1, 0.15) is 5.78 Å². The van der Waals surface area contributed by atoms with Crippen molar-refractivity contribution in [2.75, 3.05) is 20.1 Å². The van der Waals surface area contributed by atoms with Crippen LogP contribution in [0.5, 0.6) is 0 Å². The van der Waals surface area contributed by atoms with Crippen molar-refractivity contribution in [2.45, 2.75) is 77.0 Å². The largest absolute Gasteiger partial charge is 0.306 e. The summed E-state index contributed by atoms with van der Waals surface area (Å²) in [5.74, 6) is 1.57. The van der Waals surface area contributed by atoms with Gasteiger partial charge in [0.2, 0.25) is 0 Å². The van der Waals surface area contributed by atoms with Crippen LogP contribution < -0.4 is 0 Å². The quantitative estimate of drug-likeness (QED) is 0.708. The molecule has 20 heavy (non-hydrogen) atoms. The van der Waals surface area contributed by atoms with Gasteiger partial charge in [-0.2, -0.15) is 0 Å². The molecule has 2 fully saturated rings. The number of carbonyl (C=O) groups is 1. The van der Waals surface area contributed by atoms with Crippen LogP contribution in [0.1, 0.15) is 77.0 Å². The Kier molecular flexibility index (Phi) is 7.06. The molecule has 1 heterocycles. The summed E-state index contributed by atoms with van der Waals surface area (Å²) in [4.78, 5) is 15.0. The Labute approximate surface area is 125 Å². The molecule has 1 aliphatic heterocycles. The minimum atomic E-state index is 0.330. The van der Waals surface area contributed by atoms with Gasteiger partial charge >= 0.3 is 0 Å². The monoisotopic (exact) mass is 279 g/mol. The first-order valence-electron chi connectivity index (χ1n) is 8.98. The molecule has 2 heteroatoms. The Balaban J connectivity index is 2.00. The summed E-state index contributed by atoms with van der Waals surface area (Å²) in [5, 5.41) is 0. The van der Waals surface area contributed by atoms with Crippen LogP contribution in [0.15, 0.2) is 0 Å². The van der Waals surface area contributed by atoms with E-state index in [1.54, 1.807) is 0 Å². The molecule has 1 saturated carbocycles. The van der Waals surface area contributed by atoms with Crippen LogP contribution in [0, 0.1) is 11.8 Å². The summed E-state index contributed by atoms with van der Waals surface area (Å²) < 4.78 is 0. The number of ketones is 1. The fraction of sp³-hybridized carbons (Fsp3) is 0.944. The van der Waals surface area contributed by atoms with Crippen molar-refractivity contribution in [2.24, 2.45) is 11.8 Å². The molecule has 2 rings (SSSR count). The predicted octanol–water partition coefficient (Wildman–Crippen LogP) is 4.43. The lowest BCUT2D eigenvalue weighted by Gasteiger charge is -2.29. The third-order valence-electron chi connectivity index (χ3n) is 5.35. The highest BCUT2D eigenvalue weighted by Crippen LogP contribution is 2.30. The number of Topliss-reactive ketones (excluding diaryl/α,β-unsaturated/α-hetero) is 1. The van der Waals surface area contributed by atoms with Crippen molar-refractivity contribution in [3.8, 4) is 0 Å². The Morgan fingerprint density at radius 1 is 0.850 bits per heavy atom. The van der Waals surface area contributed by atoms with Gasteiger partial charge in [-0.25, -0.2) is 0 Å². The second-order valence-electron chi connectivity index (χ2n) is 7.10. The number of nitrogens with zero attached hydrogens (tertiary/aromatic N) is 1. The molecule has 0 spiro atoms. The van der Waals surface area contributed by atoms with Crippen LogP contribution in [0.3, 0.4) is 0 Å². The Bertz CT molecular complexity index is 279. The first-order chi connectivity index (χ1) is 9.77. The maximum absolute atomic E-state index is 12.6. The van der Waals surface area contributed by atoms with Crippen molar-refractivity contribution >= 4 is 5.78 Å². The van der Waals surface area contributed by atoms with E-state index >= 15 is 0 Å². The third kappa shape index (κ3) is 5.20. The molecule has 0 aromatic heterocycles. The molecular formula is C18H33NO. The van der Waals surface area contributed by atoms with Crippen LogP contribution in [0.2, 0.25) is 0 Å². The average molecular weight is 279 g/mol. The highest BCUT2D eigenvalue weighted by Gasteiger charge is 2.29. The van der Waals surface area contributed by atoms with Crippen molar-refractivity contribution < 1.29 is 4.79 Å². The second-order valence-corrected chi connectivity index (χ2v) is 7.10. The highest BCUT2D eigenvalue weighted by atomic mass is 16.1. The van der Waals surface area contributed by atoms with Gasteiger partial charge < -0.3 is 4.90 Å². The zero-order valence-corrected chi connectivity index (χ0v) is 13.4. The zero-order chi connectivity index (χ0) is 14.2. The van der Waals surface area contributed by atoms with E-state index < -0.39 is 0 Å². The van der Waals surface area contributed by atoms with Crippen molar-refractivity contribution in [1.29, 1.82) is 0 Å². The van der Waals surface area contributed by atoms with Gasteiger partial charge in [-0.1, -0.05) is 44.9 Å². The van der Waals surface area contributed by atoms with Crippen molar-refractivity contribution in [3.05, 3.63) is 0 Å². The first kappa shape index (κ1) is 16.0. The SMILES string of the molecule is CN1CCCCCC(=O)C(C2CCCCCCCC2)C1. The van der Waals surface area contributed by atoms with Crippen LogP contribution in [0.4, 0.5) is 0 Å². The van der Waals surface area contributed by atoms with Crippen LogP contribution in [-0.4, -0.2) is 30.8 Å². The topological polar surface area (TPSA) is 20.3 Å². The predicted molar refractivity (Wildman–Crippen MR) is 84.9 cm³/mol. The molecular weight excluding hydrogens is 246 g/mol. The van der Waals surface area contributed by atoms with E-state index in [1.165, 1.54) is 70.8 Å². The Morgan fingerprint density at radius 2 is 1.45 bits per heavy atom. The van der Waals surface area contributed by atoms with E-state index in [9.17, 15) is 4.79 Å². The normalized spacial score (nSPS) is 29.6. The minimum absolute atomic E-state index is 0.330. The van der Waals surface area contributed by atoms with Gasteiger partial charge in [0.25, 0.3) is 0 Å². The molecule has 0 aromatic carbocycles. The molecule has 2 nitrogen and oxygen atoms in total. The van der Waals surface area contributed by atoms with Gasteiger partial charge in [-0.05, 0) is 45.2 Å². The highest BCUT2D eigenvalue weighted by molar-refractivity contribution is 5.81. The van der Waals surface area contributed by atoms with Crippen molar-refractivity contribution in [1.82, 2.24) is 4.90 Å². The lowest BCUT2D eigenvalue weighted by Crippen LogP contribution is -2.35. The van der Waals surface area contributed by atoms with E-state index in [1.807, 2.05) is 0 Å².